The molecule has 6 nitrogen and oxygen atoms in total. The first-order valence-electron chi connectivity index (χ1n) is 9.51. The number of nitrogens with one attached hydrogen (secondary N) is 1. The summed E-state index contributed by atoms with van der Waals surface area (Å²) in [6, 6.07) is 11.6. The third kappa shape index (κ3) is 4.03. The van der Waals surface area contributed by atoms with Gasteiger partial charge in [0.25, 0.3) is 0 Å². The maximum absolute atomic E-state index is 13.8. The number of rotatable bonds is 5. The van der Waals surface area contributed by atoms with Gasteiger partial charge in [0.1, 0.15) is 11.6 Å². The van der Waals surface area contributed by atoms with Gasteiger partial charge in [-0.2, -0.15) is 4.31 Å². The molecule has 0 unspecified atom stereocenters. The molecule has 2 heterocycles. The van der Waals surface area contributed by atoms with E-state index < -0.39 is 21.7 Å². The van der Waals surface area contributed by atoms with Crippen molar-refractivity contribution < 1.29 is 17.2 Å². The number of benzene rings is 2. The van der Waals surface area contributed by atoms with Crippen molar-refractivity contribution >= 4 is 21.5 Å². The molecule has 1 aliphatic heterocycles. The Hall–Kier alpha value is -2.91. The van der Waals surface area contributed by atoms with Crippen LogP contribution in [0.25, 0.3) is 11.3 Å². The first-order chi connectivity index (χ1) is 14.3. The average molecular weight is 430 g/mol. The molecule has 0 aliphatic carbocycles. The second-order valence-corrected chi connectivity index (χ2v) is 9.05. The van der Waals surface area contributed by atoms with Gasteiger partial charge in [-0.1, -0.05) is 12.1 Å². The molecule has 0 spiro atoms. The lowest BCUT2D eigenvalue weighted by Crippen LogP contribution is -2.28. The van der Waals surface area contributed by atoms with E-state index in [-0.39, 0.29) is 16.4 Å². The van der Waals surface area contributed by atoms with Gasteiger partial charge in [0, 0.05) is 24.7 Å². The van der Waals surface area contributed by atoms with E-state index in [1.165, 1.54) is 10.4 Å². The van der Waals surface area contributed by atoms with E-state index in [4.69, 9.17) is 0 Å². The van der Waals surface area contributed by atoms with Crippen LogP contribution >= 0.6 is 0 Å². The third-order valence-corrected chi connectivity index (χ3v) is 7.07. The number of aromatic nitrogens is 2. The summed E-state index contributed by atoms with van der Waals surface area (Å²) in [5.74, 6) is -1.13. The molecule has 1 fully saturated rings. The minimum atomic E-state index is -3.56. The van der Waals surface area contributed by atoms with Crippen molar-refractivity contribution in [1.29, 1.82) is 0 Å². The van der Waals surface area contributed by atoms with Crippen LogP contribution in [0, 0.1) is 18.6 Å². The minimum Gasteiger partial charge on any atom is -0.336 e. The average Bonchev–Trinajstić information content (AvgIpc) is 3.27. The highest BCUT2D eigenvalue weighted by atomic mass is 32.2. The molecule has 0 amide bonds. The summed E-state index contributed by atoms with van der Waals surface area (Å²) in [6.07, 6.45) is 1.74. The van der Waals surface area contributed by atoms with Gasteiger partial charge >= 0.3 is 0 Å². The van der Waals surface area contributed by atoms with Crippen LogP contribution in [0.1, 0.15) is 18.4 Å². The Labute approximate surface area is 173 Å². The fraction of sp³-hybridized carbons (Fsp3) is 0.238. The summed E-state index contributed by atoms with van der Waals surface area (Å²) in [7, 11) is -3.56. The Morgan fingerprint density at radius 3 is 2.40 bits per heavy atom. The Bertz CT molecular complexity index is 1180. The molecule has 1 aromatic heterocycles. The van der Waals surface area contributed by atoms with E-state index in [1.807, 2.05) is 0 Å². The molecule has 4 rings (SSSR count). The SMILES string of the molecule is Cc1ccc(-c2ccc(Nc3ccc(F)cc3F)nn2)cc1S(=O)(=O)N1CCCC1. The topological polar surface area (TPSA) is 75.2 Å². The van der Waals surface area contributed by atoms with Gasteiger partial charge in [0.2, 0.25) is 10.0 Å². The monoisotopic (exact) mass is 430 g/mol. The molecule has 1 saturated heterocycles. The van der Waals surface area contributed by atoms with Crippen LogP contribution in [0.3, 0.4) is 0 Å². The number of halogens is 2. The fourth-order valence-electron chi connectivity index (χ4n) is 3.39. The number of hydrogen-bond acceptors (Lipinski definition) is 5. The molecular formula is C21H20F2N4O2S. The third-order valence-electron chi connectivity index (χ3n) is 5.03. The molecular weight excluding hydrogens is 410 g/mol. The molecule has 0 atom stereocenters. The largest absolute Gasteiger partial charge is 0.336 e. The van der Waals surface area contributed by atoms with Crippen molar-refractivity contribution in [2.24, 2.45) is 0 Å². The van der Waals surface area contributed by atoms with E-state index in [9.17, 15) is 17.2 Å². The van der Waals surface area contributed by atoms with E-state index in [0.29, 0.717) is 29.9 Å². The van der Waals surface area contributed by atoms with Gasteiger partial charge in [0.15, 0.2) is 5.82 Å². The minimum absolute atomic E-state index is 0.0766. The zero-order chi connectivity index (χ0) is 21.3. The van der Waals surface area contributed by atoms with Crippen LogP contribution in [-0.4, -0.2) is 36.0 Å². The van der Waals surface area contributed by atoms with E-state index in [0.717, 1.165) is 25.0 Å². The second kappa shape index (κ2) is 8.08. The van der Waals surface area contributed by atoms with Crippen molar-refractivity contribution in [3.05, 3.63) is 65.7 Å². The van der Waals surface area contributed by atoms with Crippen LogP contribution < -0.4 is 5.32 Å². The zero-order valence-corrected chi connectivity index (χ0v) is 17.1. The Morgan fingerprint density at radius 1 is 0.967 bits per heavy atom. The Balaban J connectivity index is 1.60. The van der Waals surface area contributed by atoms with E-state index in [2.05, 4.69) is 15.5 Å². The van der Waals surface area contributed by atoms with Gasteiger partial charge in [0.05, 0.1) is 16.3 Å². The Morgan fingerprint density at radius 2 is 1.73 bits per heavy atom. The van der Waals surface area contributed by atoms with Crippen LogP contribution in [0.15, 0.2) is 53.4 Å². The van der Waals surface area contributed by atoms with E-state index >= 15 is 0 Å². The maximum atomic E-state index is 13.8. The number of sulfonamides is 1. The molecule has 156 valence electrons. The number of hydrogen-bond donors (Lipinski definition) is 1. The van der Waals surface area contributed by atoms with E-state index in [1.54, 1.807) is 37.3 Å². The van der Waals surface area contributed by atoms with Crippen LogP contribution in [0.2, 0.25) is 0 Å². The summed E-state index contributed by atoms with van der Waals surface area (Å²) in [4.78, 5) is 0.263. The molecule has 3 aromatic rings. The lowest BCUT2D eigenvalue weighted by atomic mass is 10.1. The normalized spacial score (nSPS) is 14.8. The summed E-state index contributed by atoms with van der Waals surface area (Å²) >= 11 is 0. The van der Waals surface area contributed by atoms with Crippen molar-refractivity contribution in [2.45, 2.75) is 24.7 Å². The van der Waals surface area contributed by atoms with Crippen LogP contribution in [0.4, 0.5) is 20.3 Å². The molecule has 0 saturated carbocycles. The quantitative estimate of drug-likeness (QED) is 0.655. The molecule has 30 heavy (non-hydrogen) atoms. The molecule has 9 heteroatoms. The van der Waals surface area contributed by atoms with Crippen molar-refractivity contribution in [3.63, 3.8) is 0 Å². The summed E-state index contributed by atoms with van der Waals surface area (Å²) in [5, 5.41) is 10.9. The molecule has 0 bridgehead atoms. The van der Waals surface area contributed by atoms with Gasteiger partial charge in [-0.25, -0.2) is 17.2 Å². The molecule has 1 N–H and O–H groups in total. The smallest absolute Gasteiger partial charge is 0.243 e. The summed E-state index contributed by atoms with van der Waals surface area (Å²) in [6.45, 7) is 2.83. The molecule has 1 aliphatic rings. The lowest BCUT2D eigenvalue weighted by molar-refractivity contribution is 0.477. The first kappa shape index (κ1) is 20.4. The van der Waals surface area contributed by atoms with Gasteiger partial charge in [-0.3, -0.25) is 0 Å². The van der Waals surface area contributed by atoms with Gasteiger partial charge in [-0.05, 0) is 55.7 Å². The number of nitrogens with zero attached hydrogens (tertiary/aromatic N) is 3. The molecule has 0 radical (unpaired) electrons. The summed E-state index contributed by atoms with van der Waals surface area (Å²) in [5.41, 5.74) is 1.85. The van der Waals surface area contributed by atoms with Crippen molar-refractivity contribution in [2.75, 3.05) is 18.4 Å². The highest BCUT2D eigenvalue weighted by Crippen LogP contribution is 2.28. The fourth-order valence-corrected chi connectivity index (χ4v) is 5.15. The highest BCUT2D eigenvalue weighted by molar-refractivity contribution is 7.89. The number of aryl methyl sites for hydroxylation is 1. The lowest BCUT2D eigenvalue weighted by Gasteiger charge is -2.17. The van der Waals surface area contributed by atoms with Crippen molar-refractivity contribution in [3.8, 4) is 11.3 Å². The van der Waals surface area contributed by atoms with Crippen LogP contribution in [-0.2, 0) is 10.0 Å². The second-order valence-electron chi connectivity index (χ2n) is 7.14. The predicted octanol–water partition coefficient (Wildman–Crippen LogP) is 4.26. The van der Waals surface area contributed by atoms with Gasteiger partial charge < -0.3 is 5.32 Å². The van der Waals surface area contributed by atoms with Crippen LogP contribution in [0.5, 0.6) is 0 Å². The molecule has 2 aromatic carbocycles. The zero-order valence-electron chi connectivity index (χ0n) is 16.3. The van der Waals surface area contributed by atoms with Crippen molar-refractivity contribution in [1.82, 2.24) is 14.5 Å². The standard InChI is InChI=1S/C21H20F2N4O2S/c1-14-4-5-15(12-20(14)30(28,29)27-10-2-3-11-27)18-8-9-21(26-25-18)24-19-7-6-16(22)13-17(19)23/h4-9,12-13H,2-3,10-11H2,1H3,(H,24,26). The maximum Gasteiger partial charge on any atom is 0.243 e. The first-order valence-corrected chi connectivity index (χ1v) is 11.0. The number of anilines is 2. The highest BCUT2D eigenvalue weighted by Gasteiger charge is 2.28. The summed E-state index contributed by atoms with van der Waals surface area (Å²) < 4.78 is 54.3. The Kier molecular flexibility index (Phi) is 5.48. The van der Waals surface area contributed by atoms with Gasteiger partial charge in [-0.15, -0.1) is 10.2 Å². The predicted molar refractivity (Wildman–Crippen MR) is 110 cm³/mol.